The molecule has 0 atom stereocenters. The standard InChI is InChI=1S/C12H13FO3/c1-7-5-8(10(14)9(13)6-7)12(11(15)16)3-2-4-12/h5-6,14H,2-4H2,1H3,(H,15,16). The van der Waals surface area contributed by atoms with Crippen molar-refractivity contribution in [1.82, 2.24) is 0 Å². The maximum Gasteiger partial charge on any atom is 0.314 e. The lowest BCUT2D eigenvalue weighted by atomic mass is 9.64. The van der Waals surface area contributed by atoms with E-state index in [0.717, 1.165) is 6.42 Å². The number of carboxylic acids is 1. The molecule has 4 heteroatoms. The minimum Gasteiger partial charge on any atom is -0.505 e. The van der Waals surface area contributed by atoms with E-state index in [1.165, 1.54) is 6.07 Å². The summed E-state index contributed by atoms with van der Waals surface area (Å²) in [6.07, 6.45) is 1.71. The highest BCUT2D eigenvalue weighted by Crippen LogP contribution is 2.47. The predicted molar refractivity (Wildman–Crippen MR) is 56.0 cm³/mol. The van der Waals surface area contributed by atoms with Gasteiger partial charge in [-0.15, -0.1) is 0 Å². The summed E-state index contributed by atoms with van der Waals surface area (Å²) in [5.41, 5.74) is -0.252. The Morgan fingerprint density at radius 1 is 1.44 bits per heavy atom. The summed E-state index contributed by atoms with van der Waals surface area (Å²) in [5.74, 6) is -2.26. The summed E-state index contributed by atoms with van der Waals surface area (Å²) in [6, 6.07) is 2.76. The number of halogens is 1. The second-order valence-electron chi connectivity index (χ2n) is 4.38. The quantitative estimate of drug-likeness (QED) is 0.810. The molecule has 2 N–H and O–H groups in total. The number of carboxylic acid groups (broad SMARTS) is 1. The molecular formula is C12H13FO3. The topological polar surface area (TPSA) is 57.5 Å². The van der Waals surface area contributed by atoms with E-state index < -0.39 is 23.0 Å². The van der Waals surface area contributed by atoms with Gasteiger partial charge in [0.15, 0.2) is 11.6 Å². The Hall–Kier alpha value is -1.58. The minimum absolute atomic E-state index is 0.212. The van der Waals surface area contributed by atoms with E-state index in [-0.39, 0.29) is 5.56 Å². The first-order valence-electron chi connectivity index (χ1n) is 5.20. The molecule has 0 aromatic heterocycles. The predicted octanol–water partition coefficient (Wildman–Crippen LogP) is 2.35. The van der Waals surface area contributed by atoms with Gasteiger partial charge < -0.3 is 10.2 Å². The maximum absolute atomic E-state index is 13.4. The Kier molecular flexibility index (Phi) is 2.37. The van der Waals surface area contributed by atoms with E-state index >= 15 is 0 Å². The first kappa shape index (κ1) is 10.9. The van der Waals surface area contributed by atoms with Gasteiger partial charge in [-0.05, 0) is 31.4 Å². The largest absolute Gasteiger partial charge is 0.505 e. The molecule has 0 heterocycles. The van der Waals surface area contributed by atoms with Gasteiger partial charge in [0.2, 0.25) is 0 Å². The second kappa shape index (κ2) is 3.47. The lowest BCUT2D eigenvalue weighted by molar-refractivity contribution is -0.147. The number of aliphatic carboxylic acids is 1. The summed E-state index contributed by atoms with van der Waals surface area (Å²) >= 11 is 0. The van der Waals surface area contributed by atoms with Crippen LogP contribution in [0.15, 0.2) is 12.1 Å². The fourth-order valence-corrected chi connectivity index (χ4v) is 2.23. The van der Waals surface area contributed by atoms with Gasteiger partial charge in [0.05, 0.1) is 5.41 Å². The Bertz CT molecular complexity index is 450. The summed E-state index contributed by atoms with van der Waals surface area (Å²) in [5, 5.41) is 18.8. The molecule has 0 unspecified atom stereocenters. The normalized spacial score (nSPS) is 17.9. The molecule has 1 aromatic rings. The van der Waals surface area contributed by atoms with Crippen LogP contribution >= 0.6 is 0 Å². The maximum atomic E-state index is 13.4. The third-order valence-corrected chi connectivity index (χ3v) is 3.34. The van der Waals surface area contributed by atoms with Crippen molar-refractivity contribution in [3.05, 3.63) is 29.1 Å². The average molecular weight is 224 g/mol. The molecule has 1 aromatic carbocycles. The number of phenolic OH excluding ortho intramolecular Hbond substituents is 1. The molecule has 1 saturated carbocycles. The van der Waals surface area contributed by atoms with E-state index in [1.807, 2.05) is 0 Å². The average Bonchev–Trinajstić information content (AvgIpc) is 2.10. The zero-order chi connectivity index (χ0) is 11.9. The zero-order valence-corrected chi connectivity index (χ0v) is 8.96. The van der Waals surface area contributed by atoms with Crippen molar-refractivity contribution in [3.8, 4) is 5.75 Å². The Labute approximate surface area is 92.5 Å². The van der Waals surface area contributed by atoms with Crippen LogP contribution in [0.1, 0.15) is 30.4 Å². The lowest BCUT2D eigenvalue weighted by Crippen LogP contribution is -2.42. The summed E-state index contributed by atoms with van der Waals surface area (Å²) < 4.78 is 13.4. The van der Waals surface area contributed by atoms with Gasteiger partial charge >= 0.3 is 5.97 Å². The van der Waals surface area contributed by atoms with Gasteiger partial charge in [0, 0.05) is 5.56 Å². The van der Waals surface area contributed by atoms with Crippen molar-refractivity contribution in [2.45, 2.75) is 31.6 Å². The second-order valence-corrected chi connectivity index (χ2v) is 4.38. The van der Waals surface area contributed by atoms with Crippen LogP contribution in [0.5, 0.6) is 5.75 Å². The van der Waals surface area contributed by atoms with Crippen LogP contribution in [0.25, 0.3) is 0 Å². The van der Waals surface area contributed by atoms with E-state index in [4.69, 9.17) is 0 Å². The van der Waals surface area contributed by atoms with Crippen LogP contribution in [-0.2, 0) is 10.2 Å². The summed E-state index contributed by atoms with van der Waals surface area (Å²) in [4.78, 5) is 11.2. The fraction of sp³-hybridized carbons (Fsp3) is 0.417. The molecule has 3 nitrogen and oxygen atoms in total. The van der Waals surface area contributed by atoms with E-state index in [9.17, 15) is 19.4 Å². The molecule has 16 heavy (non-hydrogen) atoms. The van der Waals surface area contributed by atoms with Gasteiger partial charge in [-0.1, -0.05) is 12.5 Å². The molecule has 86 valence electrons. The third kappa shape index (κ3) is 1.37. The van der Waals surface area contributed by atoms with Crippen LogP contribution in [0.4, 0.5) is 4.39 Å². The van der Waals surface area contributed by atoms with Crippen molar-refractivity contribution in [2.24, 2.45) is 0 Å². The van der Waals surface area contributed by atoms with Gasteiger partial charge in [-0.2, -0.15) is 0 Å². The van der Waals surface area contributed by atoms with Crippen molar-refractivity contribution >= 4 is 5.97 Å². The fourth-order valence-electron chi connectivity index (χ4n) is 2.23. The molecule has 2 rings (SSSR count). The molecule has 1 aliphatic carbocycles. The number of rotatable bonds is 2. The molecule has 0 amide bonds. The van der Waals surface area contributed by atoms with E-state index in [2.05, 4.69) is 0 Å². The number of benzene rings is 1. The SMILES string of the molecule is Cc1cc(F)c(O)c(C2(C(=O)O)CCC2)c1. The molecule has 1 fully saturated rings. The molecule has 0 spiro atoms. The van der Waals surface area contributed by atoms with Crippen LogP contribution in [-0.4, -0.2) is 16.2 Å². The number of aromatic hydroxyl groups is 1. The van der Waals surface area contributed by atoms with Gasteiger partial charge in [-0.3, -0.25) is 4.79 Å². The summed E-state index contributed by atoms with van der Waals surface area (Å²) in [7, 11) is 0. The van der Waals surface area contributed by atoms with Crippen molar-refractivity contribution in [3.63, 3.8) is 0 Å². The molecule has 0 aliphatic heterocycles. The monoisotopic (exact) mass is 224 g/mol. The van der Waals surface area contributed by atoms with Gasteiger partial charge in [0.25, 0.3) is 0 Å². The third-order valence-electron chi connectivity index (χ3n) is 3.34. The highest BCUT2D eigenvalue weighted by Gasteiger charge is 2.48. The Morgan fingerprint density at radius 3 is 2.50 bits per heavy atom. The van der Waals surface area contributed by atoms with Crippen molar-refractivity contribution in [2.75, 3.05) is 0 Å². The Balaban J connectivity index is 2.59. The molecule has 1 aliphatic rings. The number of phenols is 1. The Morgan fingerprint density at radius 2 is 2.06 bits per heavy atom. The smallest absolute Gasteiger partial charge is 0.314 e. The molecule has 0 saturated heterocycles. The highest BCUT2D eigenvalue weighted by molar-refractivity contribution is 5.83. The highest BCUT2D eigenvalue weighted by atomic mass is 19.1. The number of aryl methyl sites for hydroxylation is 1. The zero-order valence-electron chi connectivity index (χ0n) is 8.96. The number of hydrogen-bond donors (Lipinski definition) is 2. The lowest BCUT2D eigenvalue weighted by Gasteiger charge is -2.38. The van der Waals surface area contributed by atoms with Gasteiger partial charge in [-0.25, -0.2) is 4.39 Å². The summed E-state index contributed by atoms with van der Waals surface area (Å²) in [6.45, 7) is 1.68. The van der Waals surface area contributed by atoms with Crippen LogP contribution in [0.3, 0.4) is 0 Å². The van der Waals surface area contributed by atoms with Crippen LogP contribution in [0, 0.1) is 12.7 Å². The molecule has 0 bridgehead atoms. The van der Waals surface area contributed by atoms with Crippen molar-refractivity contribution in [1.29, 1.82) is 0 Å². The van der Waals surface area contributed by atoms with E-state index in [0.29, 0.717) is 18.4 Å². The van der Waals surface area contributed by atoms with E-state index in [1.54, 1.807) is 13.0 Å². The first-order chi connectivity index (χ1) is 7.47. The first-order valence-corrected chi connectivity index (χ1v) is 5.20. The van der Waals surface area contributed by atoms with Crippen LogP contribution in [0.2, 0.25) is 0 Å². The van der Waals surface area contributed by atoms with Crippen molar-refractivity contribution < 1.29 is 19.4 Å². The van der Waals surface area contributed by atoms with Crippen LogP contribution < -0.4 is 0 Å². The van der Waals surface area contributed by atoms with Gasteiger partial charge in [0.1, 0.15) is 0 Å². The minimum atomic E-state index is -1.09. The number of carbonyl (C=O) groups is 1. The molecular weight excluding hydrogens is 211 g/mol. The molecule has 0 radical (unpaired) electrons. The number of hydrogen-bond acceptors (Lipinski definition) is 2.